The van der Waals surface area contributed by atoms with Gasteiger partial charge in [-0.1, -0.05) is 17.9 Å². The number of carbonyl (C=O) groups excluding carboxylic acids is 2. The summed E-state index contributed by atoms with van der Waals surface area (Å²) in [5.74, 6) is 7.41. The first-order valence-corrected chi connectivity index (χ1v) is 9.65. The highest BCUT2D eigenvalue weighted by Gasteiger charge is 2.39. The van der Waals surface area contributed by atoms with Gasteiger partial charge in [0.1, 0.15) is 12.4 Å². The van der Waals surface area contributed by atoms with E-state index in [0.29, 0.717) is 26.2 Å². The molecule has 4 rings (SSSR count). The number of fused-ring (bicyclic) bond motifs is 1. The minimum Gasteiger partial charge on any atom is -0.496 e. The molecular formula is C21H25N3O4. The summed E-state index contributed by atoms with van der Waals surface area (Å²) in [5.41, 5.74) is 1.99. The molecule has 0 saturated carbocycles. The third-order valence-corrected chi connectivity index (χ3v) is 5.66. The molecule has 3 aliphatic heterocycles. The van der Waals surface area contributed by atoms with Gasteiger partial charge in [-0.3, -0.25) is 4.79 Å². The van der Waals surface area contributed by atoms with Crippen LogP contribution in [-0.2, 0) is 9.53 Å². The molecule has 0 bridgehead atoms. The van der Waals surface area contributed by atoms with E-state index in [4.69, 9.17) is 9.47 Å². The largest absolute Gasteiger partial charge is 0.496 e. The Kier molecular flexibility index (Phi) is 5.14. The summed E-state index contributed by atoms with van der Waals surface area (Å²) in [4.78, 5) is 27.9. The Balaban J connectivity index is 1.31. The maximum Gasteiger partial charge on any atom is 0.320 e. The van der Waals surface area contributed by atoms with E-state index in [1.165, 1.54) is 0 Å². The second kappa shape index (κ2) is 7.72. The lowest BCUT2D eigenvalue weighted by Gasteiger charge is -2.45. The van der Waals surface area contributed by atoms with Crippen LogP contribution in [0, 0.1) is 24.7 Å². The molecule has 0 radical (unpaired) electrons. The van der Waals surface area contributed by atoms with Crippen molar-refractivity contribution in [1.82, 2.24) is 15.1 Å². The van der Waals surface area contributed by atoms with Gasteiger partial charge in [-0.05, 0) is 25.5 Å². The summed E-state index contributed by atoms with van der Waals surface area (Å²) in [6.45, 7) is 4.56. The van der Waals surface area contributed by atoms with Crippen LogP contribution >= 0.6 is 0 Å². The fourth-order valence-corrected chi connectivity index (χ4v) is 3.95. The first-order chi connectivity index (χ1) is 13.5. The van der Waals surface area contributed by atoms with Crippen molar-refractivity contribution in [3.05, 3.63) is 29.3 Å². The third-order valence-electron chi connectivity index (χ3n) is 5.66. The number of morpholine rings is 1. The summed E-state index contributed by atoms with van der Waals surface area (Å²) in [7, 11) is 1.66. The van der Waals surface area contributed by atoms with Crippen molar-refractivity contribution in [2.75, 3.05) is 39.9 Å². The average molecular weight is 383 g/mol. The van der Waals surface area contributed by atoms with E-state index in [0.717, 1.165) is 23.3 Å². The zero-order valence-corrected chi connectivity index (χ0v) is 16.2. The molecule has 1 aromatic rings. The van der Waals surface area contributed by atoms with Gasteiger partial charge in [-0.15, -0.1) is 0 Å². The fraction of sp³-hybridized carbons (Fsp3) is 0.524. The highest BCUT2D eigenvalue weighted by molar-refractivity contribution is 5.79. The molecule has 0 aliphatic carbocycles. The lowest BCUT2D eigenvalue weighted by molar-refractivity contribution is -0.139. The van der Waals surface area contributed by atoms with Crippen molar-refractivity contribution >= 4 is 11.9 Å². The number of piperidine rings is 1. The lowest BCUT2D eigenvalue weighted by Crippen LogP contribution is -2.64. The SMILES string of the molecule is COc1cccc(C#CC2CN(C(=O)N3CC[C@@H]4OCC(=O)N[C@@H]4C3)C2)c1C. The number of likely N-dealkylation sites (tertiary alicyclic amines) is 2. The summed E-state index contributed by atoms with van der Waals surface area (Å²) >= 11 is 0. The van der Waals surface area contributed by atoms with Gasteiger partial charge in [0.25, 0.3) is 0 Å². The first-order valence-electron chi connectivity index (χ1n) is 9.65. The van der Waals surface area contributed by atoms with Crippen molar-refractivity contribution in [2.45, 2.75) is 25.5 Å². The number of benzene rings is 1. The predicted molar refractivity (Wildman–Crippen MR) is 103 cm³/mol. The van der Waals surface area contributed by atoms with Gasteiger partial charge in [-0.2, -0.15) is 0 Å². The number of nitrogens with one attached hydrogen (secondary N) is 1. The number of amides is 3. The molecular weight excluding hydrogens is 358 g/mol. The van der Waals surface area contributed by atoms with E-state index >= 15 is 0 Å². The number of carbonyl (C=O) groups is 2. The maximum absolute atomic E-state index is 12.7. The van der Waals surface area contributed by atoms with E-state index in [2.05, 4.69) is 17.2 Å². The Morgan fingerprint density at radius 1 is 1.29 bits per heavy atom. The van der Waals surface area contributed by atoms with Crippen LogP contribution in [0.4, 0.5) is 4.79 Å². The molecule has 7 nitrogen and oxygen atoms in total. The van der Waals surface area contributed by atoms with Crippen molar-refractivity contribution < 1.29 is 19.1 Å². The Labute approximate surface area is 165 Å². The van der Waals surface area contributed by atoms with Gasteiger partial charge >= 0.3 is 6.03 Å². The van der Waals surface area contributed by atoms with Gasteiger partial charge in [0.2, 0.25) is 5.91 Å². The summed E-state index contributed by atoms with van der Waals surface area (Å²) in [5, 5.41) is 2.93. The number of hydrogen-bond donors (Lipinski definition) is 1. The zero-order valence-electron chi connectivity index (χ0n) is 16.2. The minimum atomic E-state index is -0.109. The number of urea groups is 1. The van der Waals surface area contributed by atoms with Gasteiger partial charge < -0.3 is 24.6 Å². The maximum atomic E-state index is 12.7. The standard InChI is InChI=1S/C21H25N3O4/c1-14-16(4-3-5-18(14)27-2)7-6-15-10-24(11-15)21(26)23-9-8-19-17(12-23)22-20(25)13-28-19/h3-5,15,17,19H,8-13H2,1-2H3,(H,22,25)/t17-,19+/m1/s1. The second-order valence-electron chi connectivity index (χ2n) is 7.54. The molecule has 3 saturated heterocycles. The van der Waals surface area contributed by atoms with E-state index in [1.54, 1.807) is 7.11 Å². The molecule has 3 fully saturated rings. The number of methoxy groups -OCH3 is 1. The van der Waals surface area contributed by atoms with Crippen LogP contribution in [0.2, 0.25) is 0 Å². The van der Waals surface area contributed by atoms with Gasteiger partial charge in [0.05, 0.1) is 25.2 Å². The molecule has 3 aliphatic rings. The van der Waals surface area contributed by atoms with Crippen molar-refractivity contribution in [3.63, 3.8) is 0 Å². The molecule has 0 unspecified atom stereocenters. The van der Waals surface area contributed by atoms with Crippen molar-refractivity contribution in [3.8, 4) is 17.6 Å². The number of nitrogens with zero attached hydrogens (tertiary/aromatic N) is 2. The average Bonchev–Trinajstić information content (AvgIpc) is 2.67. The quantitative estimate of drug-likeness (QED) is 0.735. The van der Waals surface area contributed by atoms with Crippen LogP contribution in [0.25, 0.3) is 0 Å². The van der Waals surface area contributed by atoms with E-state index in [9.17, 15) is 9.59 Å². The topological polar surface area (TPSA) is 71.1 Å². The van der Waals surface area contributed by atoms with Crippen LogP contribution < -0.4 is 10.1 Å². The molecule has 1 N–H and O–H groups in total. The van der Waals surface area contributed by atoms with Crippen LogP contribution in [0.1, 0.15) is 17.5 Å². The van der Waals surface area contributed by atoms with Gasteiger partial charge in [0.15, 0.2) is 0 Å². The monoisotopic (exact) mass is 383 g/mol. The van der Waals surface area contributed by atoms with E-state index in [-0.39, 0.29) is 36.6 Å². The number of ether oxygens (including phenoxy) is 2. The molecule has 3 amide bonds. The first kappa shape index (κ1) is 18.6. The van der Waals surface area contributed by atoms with Crippen LogP contribution in [0.3, 0.4) is 0 Å². The highest BCUT2D eigenvalue weighted by Crippen LogP contribution is 2.23. The smallest absolute Gasteiger partial charge is 0.320 e. The molecule has 28 heavy (non-hydrogen) atoms. The summed E-state index contributed by atoms with van der Waals surface area (Å²) in [6, 6.07) is 5.76. The molecule has 7 heteroatoms. The number of rotatable bonds is 1. The molecule has 148 valence electrons. The van der Waals surface area contributed by atoms with Crippen LogP contribution in [0.15, 0.2) is 18.2 Å². The lowest BCUT2D eigenvalue weighted by atomic mass is 9.98. The molecule has 0 aromatic heterocycles. The Morgan fingerprint density at radius 3 is 2.89 bits per heavy atom. The summed E-state index contributed by atoms with van der Waals surface area (Å²) in [6.07, 6.45) is 0.769. The predicted octanol–water partition coefficient (Wildman–Crippen LogP) is 0.996. The highest BCUT2D eigenvalue weighted by atomic mass is 16.5. The third kappa shape index (κ3) is 3.65. The normalized spacial score (nSPS) is 24.4. The molecule has 2 atom stereocenters. The Morgan fingerprint density at radius 2 is 2.11 bits per heavy atom. The zero-order chi connectivity index (χ0) is 19.7. The second-order valence-corrected chi connectivity index (χ2v) is 7.54. The van der Waals surface area contributed by atoms with Crippen molar-refractivity contribution in [2.24, 2.45) is 5.92 Å². The Bertz CT molecular complexity index is 838. The minimum absolute atomic E-state index is 0.0165. The van der Waals surface area contributed by atoms with Gasteiger partial charge in [0, 0.05) is 37.3 Å². The van der Waals surface area contributed by atoms with E-state index in [1.807, 2.05) is 34.9 Å². The van der Waals surface area contributed by atoms with Crippen LogP contribution in [-0.4, -0.2) is 73.8 Å². The van der Waals surface area contributed by atoms with Crippen molar-refractivity contribution in [1.29, 1.82) is 0 Å². The fourth-order valence-electron chi connectivity index (χ4n) is 3.95. The molecule has 3 heterocycles. The molecule has 1 aromatic carbocycles. The molecule has 0 spiro atoms. The summed E-state index contributed by atoms with van der Waals surface area (Å²) < 4.78 is 10.9. The van der Waals surface area contributed by atoms with Gasteiger partial charge in [-0.25, -0.2) is 4.79 Å². The Hall–Kier alpha value is -2.72. The number of hydrogen-bond acceptors (Lipinski definition) is 4. The van der Waals surface area contributed by atoms with E-state index < -0.39 is 0 Å². The van der Waals surface area contributed by atoms with Crippen LogP contribution in [0.5, 0.6) is 5.75 Å².